The number of aromatic nitrogens is 1. The van der Waals surface area contributed by atoms with Crippen LogP contribution in [0.1, 0.15) is 36.0 Å². The van der Waals surface area contributed by atoms with E-state index in [0.29, 0.717) is 12.8 Å². The molecule has 1 amide bonds. The lowest BCUT2D eigenvalue weighted by atomic mass is 9.92. The minimum Gasteiger partial charge on any atom is -0.490 e. The van der Waals surface area contributed by atoms with Crippen molar-refractivity contribution in [1.82, 2.24) is 10.3 Å². The molecule has 0 spiro atoms. The van der Waals surface area contributed by atoms with Gasteiger partial charge < -0.3 is 10.1 Å². The summed E-state index contributed by atoms with van der Waals surface area (Å²) >= 11 is 0. The first-order valence-electron chi connectivity index (χ1n) is 9.36. The van der Waals surface area contributed by atoms with Crippen LogP contribution >= 0.6 is 0 Å². The van der Waals surface area contributed by atoms with Gasteiger partial charge in [0, 0.05) is 29.2 Å². The van der Waals surface area contributed by atoms with E-state index in [1.165, 1.54) is 6.07 Å². The first-order valence-corrected chi connectivity index (χ1v) is 9.36. The highest BCUT2D eigenvalue weighted by Crippen LogP contribution is 2.29. The van der Waals surface area contributed by atoms with Crippen LogP contribution in [0.3, 0.4) is 0 Å². The second-order valence-electron chi connectivity index (χ2n) is 7.01. The Kier molecular flexibility index (Phi) is 5.19. The van der Waals surface area contributed by atoms with Crippen LogP contribution in [0.2, 0.25) is 0 Å². The fourth-order valence-corrected chi connectivity index (χ4v) is 3.67. The van der Waals surface area contributed by atoms with Crippen LogP contribution in [0, 0.1) is 11.6 Å². The van der Waals surface area contributed by atoms with Gasteiger partial charge in [-0.1, -0.05) is 18.2 Å². The first kappa shape index (κ1) is 18.3. The highest BCUT2D eigenvalue weighted by Gasteiger charge is 2.26. The van der Waals surface area contributed by atoms with E-state index in [2.05, 4.69) is 10.3 Å². The van der Waals surface area contributed by atoms with Crippen molar-refractivity contribution in [2.75, 3.05) is 0 Å². The van der Waals surface area contributed by atoms with Gasteiger partial charge in [-0.15, -0.1) is 0 Å². The van der Waals surface area contributed by atoms with Crippen molar-refractivity contribution < 1.29 is 18.3 Å². The van der Waals surface area contributed by atoms with Crippen molar-refractivity contribution >= 4 is 16.7 Å². The van der Waals surface area contributed by atoms with Crippen LogP contribution in [-0.4, -0.2) is 23.0 Å². The van der Waals surface area contributed by atoms with Crippen LogP contribution in [0.5, 0.6) is 5.75 Å². The fraction of sp³-hybridized carbons (Fsp3) is 0.273. The molecule has 3 aromatic rings. The van der Waals surface area contributed by atoms with E-state index in [1.807, 2.05) is 24.3 Å². The van der Waals surface area contributed by atoms with E-state index in [4.69, 9.17) is 4.74 Å². The lowest BCUT2D eigenvalue weighted by Gasteiger charge is -2.30. The lowest BCUT2D eigenvalue weighted by molar-refractivity contribution is 0.0887. The largest absolute Gasteiger partial charge is 0.490 e. The minimum absolute atomic E-state index is 0.0390. The number of nitrogens with one attached hydrogen (secondary N) is 1. The number of carbonyl (C=O) groups excluding carboxylic acids is 1. The molecule has 1 N–H and O–H groups in total. The Bertz CT molecular complexity index is 975. The third kappa shape index (κ3) is 3.81. The molecule has 6 heteroatoms. The van der Waals surface area contributed by atoms with Gasteiger partial charge in [-0.05, 0) is 49.9 Å². The first-order chi connectivity index (χ1) is 13.6. The summed E-state index contributed by atoms with van der Waals surface area (Å²) in [6.07, 6.45) is 6.48. The Morgan fingerprint density at radius 3 is 2.46 bits per heavy atom. The molecular weight excluding hydrogens is 362 g/mol. The quantitative estimate of drug-likeness (QED) is 0.716. The SMILES string of the molecule is O=C(NC1CCC(Oc2cccc3cnccc23)CC1)c1c(F)cccc1F. The molecule has 1 aliphatic rings. The molecule has 1 aliphatic carbocycles. The Hall–Kier alpha value is -3.02. The molecule has 0 radical (unpaired) electrons. The summed E-state index contributed by atoms with van der Waals surface area (Å²) < 4.78 is 33.7. The molecule has 1 saturated carbocycles. The maximum absolute atomic E-state index is 13.8. The van der Waals surface area contributed by atoms with Crippen LogP contribution < -0.4 is 10.1 Å². The van der Waals surface area contributed by atoms with Gasteiger partial charge in [0.1, 0.15) is 22.9 Å². The highest BCUT2D eigenvalue weighted by atomic mass is 19.1. The monoisotopic (exact) mass is 382 g/mol. The molecule has 0 bridgehead atoms. The van der Waals surface area contributed by atoms with Crippen LogP contribution in [0.25, 0.3) is 10.8 Å². The number of fused-ring (bicyclic) bond motifs is 1. The highest BCUT2D eigenvalue weighted by molar-refractivity contribution is 5.95. The van der Waals surface area contributed by atoms with Gasteiger partial charge in [0.15, 0.2) is 0 Å². The van der Waals surface area contributed by atoms with Gasteiger partial charge in [0.25, 0.3) is 5.91 Å². The average molecular weight is 382 g/mol. The van der Waals surface area contributed by atoms with Crippen molar-refractivity contribution in [3.63, 3.8) is 0 Å². The molecule has 4 rings (SSSR count). The van der Waals surface area contributed by atoms with Gasteiger partial charge in [0.05, 0.1) is 6.10 Å². The Labute approximate surface area is 161 Å². The van der Waals surface area contributed by atoms with Gasteiger partial charge in [-0.3, -0.25) is 9.78 Å². The number of rotatable bonds is 4. The van der Waals surface area contributed by atoms with Crippen LogP contribution in [-0.2, 0) is 0 Å². The van der Waals surface area contributed by atoms with E-state index in [0.717, 1.165) is 41.5 Å². The lowest BCUT2D eigenvalue weighted by Crippen LogP contribution is -2.40. The van der Waals surface area contributed by atoms with Gasteiger partial charge in [-0.2, -0.15) is 0 Å². The van der Waals surface area contributed by atoms with E-state index in [-0.39, 0.29) is 12.1 Å². The zero-order valence-electron chi connectivity index (χ0n) is 15.2. The van der Waals surface area contributed by atoms with E-state index in [9.17, 15) is 13.6 Å². The van der Waals surface area contributed by atoms with Crippen LogP contribution in [0.4, 0.5) is 8.78 Å². The standard InChI is InChI=1S/C22H20F2N2O2/c23-18-4-2-5-19(24)21(18)22(27)26-15-7-9-16(10-8-15)28-20-6-1-3-14-13-25-12-11-17(14)20/h1-6,11-13,15-16H,7-10H2,(H,26,27). The summed E-state index contributed by atoms with van der Waals surface area (Å²) in [7, 11) is 0. The molecule has 1 aromatic heterocycles. The van der Waals surface area contributed by atoms with Crippen molar-refractivity contribution in [2.24, 2.45) is 0 Å². The number of ether oxygens (including phenoxy) is 1. The van der Waals surface area contributed by atoms with Crippen molar-refractivity contribution in [3.8, 4) is 5.75 Å². The van der Waals surface area contributed by atoms with Crippen molar-refractivity contribution in [1.29, 1.82) is 0 Å². The summed E-state index contributed by atoms with van der Waals surface area (Å²) in [6, 6.07) is 11.1. The Morgan fingerprint density at radius 2 is 1.71 bits per heavy atom. The molecule has 0 atom stereocenters. The third-order valence-electron chi connectivity index (χ3n) is 5.13. The van der Waals surface area contributed by atoms with Crippen LogP contribution in [0.15, 0.2) is 54.9 Å². The van der Waals surface area contributed by atoms with Crippen molar-refractivity contribution in [2.45, 2.75) is 37.8 Å². The van der Waals surface area contributed by atoms with E-state index in [1.54, 1.807) is 12.4 Å². The zero-order valence-corrected chi connectivity index (χ0v) is 15.2. The van der Waals surface area contributed by atoms with E-state index >= 15 is 0 Å². The Balaban J connectivity index is 1.36. The number of amides is 1. The maximum Gasteiger partial charge on any atom is 0.257 e. The fourth-order valence-electron chi connectivity index (χ4n) is 3.67. The molecule has 28 heavy (non-hydrogen) atoms. The molecule has 144 valence electrons. The summed E-state index contributed by atoms with van der Waals surface area (Å²) in [6.45, 7) is 0. The minimum atomic E-state index is -0.847. The number of nitrogens with zero attached hydrogens (tertiary/aromatic N) is 1. The predicted octanol–water partition coefficient (Wildman–Crippen LogP) is 4.63. The molecular formula is C22H20F2N2O2. The molecule has 0 unspecified atom stereocenters. The smallest absolute Gasteiger partial charge is 0.257 e. The molecule has 0 saturated heterocycles. The molecule has 1 fully saturated rings. The molecule has 4 nitrogen and oxygen atoms in total. The van der Waals surface area contributed by atoms with E-state index < -0.39 is 23.1 Å². The number of pyridine rings is 1. The average Bonchev–Trinajstić information content (AvgIpc) is 2.70. The van der Waals surface area contributed by atoms with Gasteiger partial charge in [0.2, 0.25) is 0 Å². The molecule has 2 aromatic carbocycles. The number of carbonyl (C=O) groups is 1. The third-order valence-corrected chi connectivity index (χ3v) is 5.13. The summed E-state index contributed by atoms with van der Waals surface area (Å²) in [5, 5.41) is 4.79. The number of hydrogen-bond donors (Lipinski definition) is 1. The normalized spacial score (nSPS) is 19.4. The number of hydrogen-bond acceptors (Lipinski definition) is 3. The maximum atomic E-state index is 13.8. The summed E-state index contributed by atoms with van der Waals surface area (Å²) in [5.74, 6) is -1.58. The second kappa shape index (κ2) is 7.92. The van der Waals surface area contributed by atoms with Crippen molar-refractivity contribution in [3.05, 3.63) is 72.1 Å². The topological polar surface area (TPSA) is 51.2 Å². The zero-order chi connectivity index (χ0) is 19.5. The number of benzene rings is 2. The van der Waals surface area contributed by atoms with Gasteiger partial charge >= 0.3 is 0 Å². The number of halogens is 2. The predicted molar refractivity (Wildman–Crippen MR) is 102 cm³/mol. The molecule has 1 heterocycles. The summed E-state index contributed by atoms with van der Waals surface area (Å²) in [4.78, 5) is 16.4. The van der Waals surface area contributed by atoms with Gasteiger partial charge in [-0.25, -0.2) is 8.78 Å². The Morgan fingerprint density at radius 1 is 1.00 bits per heavy atom. The summed E-state index contributed by atoms with van der Waals surface area (Å²) in [5.41, 5.74) is -0.523. The molecule has 0 aliphatic heterocycles. The second-order valence-corrected chi connectivity index (χ2v) is 7.01.